The van der Waals surface area contributed by atoms with Crippen molar-refractivity contribution in [3.63, 3.8) is 0 Å². The molecule has 10 nitrogen and oxygen atoms in total. The molecule has 1 amide bonds. The van der Waals surface area contributed by atoms with Gasteiger partial charge in [0, 0.05) is 17.3 Å². The maximum absolute atomic E-state index is 13.5. The van der Waals surface area contributed by atoms with Crippen molar-refractivity contribution in [3.05, 3.63) is 81.9 Å². The third-order valence-electron chi connectivity index (χ3n) is 5.75. The number of amides is 1. The summed E-state index contributed by atoms with van der Waals surface area (Å²) < 4.78 is 50.1. The summed E-state index contributed by atoms with van der Waals surface area (Å²) in [6, 6.07) is 12.2. The first-order valence-corrected chi connectivity index (χ1v) is 14.1. The second-order valence-corrected chi connectivity index (χ2v) is 11.2. The number of carbonyl (C=O) groups excluding carboxylic acids is 1. The lowest BCUT2D eigenvalue weighted by Crippen LogP contribution is -2.32. The van der Waals surface area contributed by atoms with Gasteiger partial charge < -0.3 is 15.2 Å². The van der Waals surface area contributed by atoms with Crippen LogP contribution in [-0.2, 0) is 10.0 Å². The number of hydrogen-bond donors (Lipinski definition) is 3. The Kier molecular flexibility index (Phi) is 8.14. The van der Waals surface area contributed by atoms with Gasteiger partial charge in [-0.15, -0.1) is 11.3 Å². The molecule has 2 aromatic carbocycles. The number of aromatic carboxylic acids is 1. The largest absolute Gasteiger partial charge is 0.476 e. The summed E-state index contributed by atoms with van der Waals surface area (Å²) in [6.45, 7) is 4.99. The minimum absolute atomic E-state index is 0.0747. The zero-order valence-corrected chi connectivity index (χ0v) is 22.8. The Morgan fingerprint density at radius 2 is 1.90 bits per heavy atom. The van der Waals surface area contributed by atoms with Gasteiger partial charge in [-0.05, 0) is 74.2 Å². The molecule has 4 aromatic rings. The average Bonchev–Trinajstić information content (AvgIpc) is 3.54. The monoisotopic (exact) mass is 572 g/mol. The van der Waals surface area contributed by atoms with Crippen LogP contribution in [0.1, 0.15) is 46.0 Å². The summed E-state index contributed by atoms with van der Waals surface area (Å²) in [7, 11) is -4.16. The normalized spacial score (nSPS) is 12.2. The van der Waals surface area contributed by atoms with E-state index in [1.807, 2.05) is 6.92 Å². The van der Waals surface area contributed by atoms with Crippen molar-refractivity contribution in [1.29, 1.82) is 0 Å². The van der Waals surface area contributed by atoms with Gasteiger partial charge in [-0.1, -0.05) is 13.0 Å². The summed E-state index contributed by atoms with van der Waals surface area (Å²) in [6.07, 6.45) is 0.517. The summed E-state index contributed by atoms with van der Waals surface area (Å²) in [4.78, 5) is 24.6. The predicted molar refractivity (Wildman–Crippen MR) is 144 cm³/mol. The second kappa shape index (κ2) is 11.4. The van der Waals surface area contributed by atoms with Crippen LogP contribution in [0.15, 0.2) is 64.9 Å². The molecule has 0 spiro atoms. The topological polar surface area (TPSA) is 140 Å². The van der Waals surface area contributed by atoms with E-state index in [1.165, 1.54) is 60.7 Å². The third kappa shape index (κ3) is 6.16. The number of aromatic nitrogens is 2. The standard InChI is InChI=1S/C26H25FN4O6S2/c1-4-15(2)30-39(35,36)22-14-18(28-24(32)21-6-5-13-38-21)9-12-20(22)37-25-16(3)23(26(33)34)29-31(25)19-10-7-17(27)8-11-19/h5-15,30H,4H2,1-3H3,(H,28,32)(H,33,34). The average molecular weight is 573 g/mol. The number of sulfonamides is 1. The Morgan fingerprint density at radius 1 is 1.18 bits per heavy atom. The fraction of sp³-hybridized carbons (Fsp3) is 0.192. The molecule has 0 aliphatic heterocycles. The van der Waals surface area contributed by atoms with E-state index in [1.54, 1.807) is 24.4 Å². The van der Waals surface area contributed by atoms with E-state index < -0.39 is 33.8 Å². The number of ether oxygens (including phenoxy) is 1. The Bertz CT molecular complexity index is 1620. The molecular weight excluding hydrogens is 547 g/mol. The third-order valence-corrected chi connectivity index (χ3v) is 8.23. The van der Waals surface area contributed by atoms with Crippen LogP contribution in [-0.4, -0.2) is 41.2 Å². The van der Waals surface area contributed by atoms with Gasteiger partial charge in [0.2, 0.25) is 15.9 Å². The second-order valence-electron chi connectivity index (χ2n) is 8.60. The van der Waals surface area contributed by atoms with Crippen LogP contribution in [0.4, 0.5) is 10.1 Å². The first-order chi connectivity index (χ1) is 18.5. The van der Waals surface area contributed by atoms with Gasteiger partial charge in [-0.25, -0.2) is 22.3 Å². The molecule has 0 saturated carbocycles. The van der Waals surface area contributed by atoms with E-state index in [-0.39, 0.29) is 33.5 Å². The molecule has 4 rings (SSSR count). The molecule has 0 radical (unpaired) electrons. The number of nitrogens with one attached hydrogen (secondary N) is 2. The number of thiophene rings is 1. The van der Waals surface area contributed by atoms with Crippen LogP contribution in [0.2, 0.25) is 0 Å². The van der Waals surface area contributed by atoms with Crippen LogP contribution in [0.5, 0.6) is 11.6 Å². The fourth-order valence-corrected chi connectivity index (χ4v) is 5.66. The van der Waals surface area contributed by atoms with Crippen LogP contribution >= 0.6 is 11.3 Å². The zero-order chi connectivity index (χ0) is 28.3. The molecule has 39 heavy (non-hydrogen) atoms. The Morgan fingerprint density at radius 3 is 2.51 bits per heavy atom. The molecule has 2 heterocycles. The number of benzene rings is 2. The van der Waals surface area contributed by atoms with Gasteiger partial charge in [0.25, 0.3) is 5.91 Å². The predicted octanol–water partition coefficient (Wildman–Crippen LogP) is 5.20. The molecule has 204 valence electrons. The molecule has 1 unspecified atom stereocenters. The van der Waals surface area contributed by atoms with Crippen LogP contribution in [0, 0.1) is 12.7 Å². The van der Waals surface area contributed by atoms with Crippen LogP contribution < -0.4 is 14.8 Å². The number of nitrogens with zero attached hydrogens (tertiary/aromatic N) is 2. The van der Waals surface area contributed by atoms with Crippen molar-refractivity contribution in [2.75, 3.05) is 5.32 Å². The Balaban J connectivity index is 1.82. The van der Waals surface area contributed by atoms with Crippen molar-refractivity contribution < 1.29 is 32.2 Å². The minimum atomic E-state index is -4.16. The molecule has 0 aliphatic rings. The highest BCUT2D eigenvalue weighted by atomic mass is 32.2. The lowest BCUT2D eigenvalue weighted by atomic mass is 10.2. The fourth-order valence-electron chi connectivity index (χ4n) is 3.56. The Hall–Kier alpha value is -4.07. The molecule has 0 fully saturated rings. The van der Waals surface area contributed by atoms with Crippen molar-refractivity contribution >= 4 is 38.9 Å². The number of carbonyl (C=O) groups is 2. The number of rotatable bonds is 10. The first-order valence-electron chi connectivity index (χ1n) is 11.8. The molecule has 0 aliphatic carbocycles. The van der Waals surface area contributed by atoms with Crippen LogP contribution in [0.25, 0.3) is 5.69 Å². The van der Waals surface area contributed by atoms with Crippen LogP contribution in [0.3, 0.4) is 0 Å². The molecule has 0 bridgehead atoms. The minimum Gasteiger partial charge on any atom is -0.476 e. The molecule has 0 saturated heterocycles. The Labute approximate surface area is 228 Å². The number of halogens is 1. The van der Waals surface area contributed by atoms with E-state index in [9.17, 15) is 27.5 Å². The van der Waals surface area contributed by atoms with Crippen molar-refractivity contribution in [2.24, 2.45) is 0 Å². The van der Waals surface area contributed by atoms with Gasteiger partial charge >= 0.3 is 5.97 Å². The molecular formula is C26H25FN4O6S2. The van der Waals surface area contributed by atoms with Gasteiger partial charge in [0.05, 0.1) is 10.6 Å². The van der Waals surface area contributed by atoms with Crippen molar-refractivity contribution in [1.82, 2.24) is 14.5 Å². The maximum atomic E-state index is 13.5. The van der Waals surface area contributed by atoms with E-state index in [4.69, 9.17) is 4.74 Å². The van der Waals surface area contributed by atoms with Crippen molar-refractivity contribution in [2.45, 2.75) is 38.1 Å². The number of hydrogen-bond acceptors (Lipinski definition) is 7. The summed E-state index contributed by atoms with van der Waals surface area (Å²) in [5.74, 6) is -2.45. The number of carboxylic acids is 1. The van der Waals surface area contributed by atoms with E-state index in [0.717, 1.165) is 4.68 Å². The summed E-state index contributed by atoms with van der Waals surface area (Å²) in [5, 5.41) is 18.2. The molecule has 1 atom stereocenters. The quantitative estimate of drug-likeness (QED) is 0.237. The molecule has 13 heteroatoms. The van der Waals surface area contributed by atoms with E-state index in [0.29, 0.717) is 17.0 Å². The SMILES string of the molecule is CCC(C)NS(=O)(=O)c1cc(NC(=O)c2cccs2)ccc1Oc1c(C)c(C(=O)O)nn1-c1ccc(F)cc1. The highest BCUT2D eigenvalue weighted by molar-refractivity contribution is 7.89. The lowest BCUT2D eigenvalue weighted by molar-refractivity contribution is 0.0689. The number of anilines is 1. The zero-order valence-electron chi connectivity index (χ0n) is 21.1. The van der Waals surface area contributed by atoms with E-state index in [2.05, 4.69) is 15.1 Å². The summed E-state index contributed by atoms with van der Waals surface area (Å²) in [5.41, 5.74) is 0.306. The van der Waals surface area contributed by atoms with Crippen molar-refractivity contribution in [3.8, 4) is 17.3 Å². The summed E-state index contributed by atoms with van der Waals surface area (Å²) >= 11 is 1.23. The van der Waals surface area contributed by atoms with Gasteiger partial charge in [-0.2, -0.15) is 9.78 Å². The van der Waals surface area contributed by atoms with Gasteiger partial charge in [0.15, 0.2) is 5.69 Å². The highest BCUT2D eigenvalue weighted by Crippen LogP contribution is 2.35. The van der Waals surface area contributed by atoms with Gasteiger partial charge in [-0.3, -0.25) is 4.79 Å². The first kappa shape index (κ1) is 28.0. The number of carboxylic acid groups (broad SMARTS) is 1. The van der Waals surface area contributed by atoms with E-state index >= 15 is 0 Å². The van der Waals surface area contributed by atoms with Gasteiger partial charge in [0.1, 0.15) is 16.5 Å². The smallest absolute Gasteiger partial charge is 0.356 e. The molecule has 2 aromatic heterocycles. The lowest BCUT2D eigenvalue weighted by Gasteiger charge is -2.17. The maximum Gasteiger partial charge on any atom is 0.356 e. The molecule has 3 N–H and O–H groups in total. The highest BCUT2D eigenvalue weighted by Gasteiger charge is 2.27.